The summed E-state index contributed by atoms with van der Waals surface area (Å²) >= 11 is 0. The smallest absolute Gasteiger partial charge is 0.129 e. The Hall–Kier alpha value is -0.960. The molecular weight excluding hydrogens is 270 g/mol. The highest BCUT2D eigenvalue weighted by molar-refractivity contribution is 5.20. The summed E-state index contributed by atoms with van der Waals surface area (Å²) in [6.07, 6.45) is 9.64. The van der Waals surface area contributed by atoms with Gasteiger partial charge >= 0.3 is 0 Å². The fourth-order valence-electron chi connectivity index (χ4n) is 2.58. The molecule has 0 amide bonds. The number of aliphatic hydroxyl groups is 1. The third-order valence-electron chi connectivity index (χ3n) is 3.89. The first-order valence-corrected chi connectivity index (χ1v) is 8.26. The van der Waals surface area contributed by atoms with E-state index in [4.69, 9.17) is 0 Å². The van der Waals surface area contributed by atoms with Gasteiger partial charge in [0.15, 0.2) is 0 Å². The molecular formula is C18H28F2O. The highest BCUT2D eigenvalue weighted by Crippen LogP contribution is 2.17. The van der Waals surface area contributed by atoms with Crippen LogP contribution in [-0.2, 0) is 6.42 Å². The Labute approximate surface area is 127 Å². The van der Waals surface area contributed by atoms with Gasteiger partial charge in [0, 0.05) is 12.0 Å². The van der Waals surface area contributed by atoms with Crippen LogP contribution in [0.3, 0.4) is 0 Å². The SMILES string of the molecule is CCCCCCCCCCC(O)Cc1c(F)cccc1F. The average molecular weight is 298 g/mol. The lowest BCUT2D eigenvalue weighted by molar-refractivity contribution is 0.158. The molecule has 1 rings (SSSR count). The minimum absolute atomic E-state index is 0.00423. The topological polar surface area (TPSA) is 20.2 Å². The second kappa shape index (κ2) is 10.7. The van der Waals surface area contributed by atoms with Crippen molar-refractivity contribution >= 4 is 0 Å². The van der Waals surface area contributed by atoms with E-state index in [1.165, 1.54) is 56.7 Å². The maximum Gasteiger partial charge on any atom is 0.129 e. The second-order valence-electron chi connectivity index (χ2n) is 5.82. The Morgan fingerprint density at radius 1 is 0.905 bits per heavy atom. The van der Waals surface area contributed by atoms with Crippen molar-refractivity contribution in [1.29, 1.82) is 0 Å². The molecule has 1 N–H and O–H groups in total. The summed E-state index contributed by atoms with van der Waals surface area (Å²) < 4.78 is 26.9. The zero-order chi connectivity index (χ0) is 15.5. The minimum Gasteiger partial charge on any atom is -0.393 e. The number of hydrogen-bond acceptors (Lipinski definition) is 1. The van der Waals surface area contributed by atoms with Crippen LogP contribution in [0.5, 0.6) is 0 Å². The molecule has 0 aromatic heterocycles. The van der Waals surface area contributed by atoms with Gasteiger partial charge in [-0.25, -0.2) is 8.78 Å². The largest absolute Gasteiger partial charge is 0.393 e. The van der Waals surface area contributed by atoms with Gasteiger partial charge < -0.3 is 5.11 Å². The zero-order valence-corrected chi connectivity index (χ0v) is 13.1. The third kappa shape index (κ3) is 7.56. The van der Waals surface area contributed by atoms with E-state index >= 15 is 0 Å². The molecule has 0 aliphatic rings. The van der Waals surface area contributed by atoms with Gasteiger partial charge in [-0.15, -0.1) is 0 Å². The fourth-order valence-corrected chi connectivity index (χ4v) is 2.58. The lowest BCUT2D eigenvalue weighted by atomic mass is 10.0. The van der Waals surface area contributed by atoms with Crippen LogP contribution in [0.25, 0.3) is 0 Å². The van der Waals surface area contributed by atoms with Crippen LogP contribution < -0.4 is 0 Å². The van der Waals surface area contributed by atoms with Crippen LogP contribution in [0.1, 0.15) is 70.3 Å². The quantitative estimate of drug-likeness (QED) is 0.542. The van der Waals surface area contributed by atoms with Crippen LogP contribution in [0.2, 0.25) is 0 Å². The van der Waals surface area contributed by atoms with Crippen molar-refractivity contribution in [3.8, 4) is 0 Å². The first kappa shape index (κ1) is 18.1. The van der Waals surface area contributed by atoms with Gasteiger partial charge in [-0.05, 0) is 18.6 Å². The van der Waals surface area contributed by atoms with E-state index in [2.05, 4.69) is 6.92 Å². The summed E-state index contributed by atoms with van der Waals surface area (Å²) in [6.45, 7) is 2.21. The second-order valence-corrected chi connectivity index (χ2v) is 5.82. The molecule has 0 bridgehead atoms. The van der Waals surface area contributed by atoms with Crippen molar-refractivity contribution in [3.63, 3.8) is 0 Å². The molecule has 1 aromatic rings. The van der Waals surface area contributed by atoms with Gasteiger partial charge in [-0.3, -0.25) is 0 Å². The van der Waals surface area contributed by atoms with E-state index in [-0.39, 0.29) is 12.0 Å². The number of hydrogen-bond donors (Lipinski definition) is 1. The normalized spacial score (nSPS) is 12.6. The molecule has 21 heavy (non-hydrogen) atoms. The number of halogens is 2. The lowest BCUT2D eigenvalue weighted by Crippen LogP contribution is -2.12. The van der Waals surface area contributed by atoms with Gasteiger partial charge in [0.1, 0.15) is 11.6 Å². The van der Waals surface area contributed by atoms with E-state index in [0.29, 0.717) is 6.42 Å². The van der Waals surface area contributed by atoms with E-state index in [1.807, 2.05) is 0 Å². The molecule has 1 nitrogen and oxygen atoms in total. The lowest BCUT2D eigenvalue weighted by Gasteiger charge is -2.12. The number of benzene rings is 1. The van der Waals surface area contributed by atoms with Gasteiger partial charge in [0.25, 0.3) is 0 Å². The van der Waals surface area contributed by atoms with Crippen molar-refractivity contribution in [2.45, 2.75) is 77.2 Å². The maximum atomic E-state index is 13.5. The summed E-state index contributed by atoms with van der Waals surface area (Å²) in [5.41, 5.74) is 0.00423. The zero-order valence-electron chi connectivity index (χ0n) is 13.1. The molecule has 3 heteroatoms. The van der Waals surface area contributed by atoms with Crippen molar-refractivity contribution in [3.05, 3.63) is 35.4 Å². The number of aliphatic hydroxyl groups excluding tert-OH is 1. The highest BCUT2D eigenvalue weighted by Gasteiger charge is 2.13. The van der Waals surface area contributed by atoms with Crippen LogP contribution in [-0.4, -0.2) is 11.2 Å². The Bertz CT molecular complexity index is 373. The van der Waals surface area contributed by atoms with Gasteiger partial charge in [0.2, 0.25) is 0 Å². The molecule has 0 aliphatic carbocycles. The standard InChI is InChI=1S/C18H28F2O/c1-2-3-4-5-6-7-8-9-11-15(21)14-16-17(19)12-10-13-18(16)20/h10,12-13,15,21H,2-9,11,14H2,1H3. The van der Waals surface area contributed by atoms with Gasteiger partial charge in [-0.1, -0.05) is 64.4 Å². The van der Waals surface area contributed by atoms with Crippen molar-refractivity contribution in [2.75, 3.05) is 0 Å². The maximum absolute atomic E-state index is 13.5. The third-order valence-corrected chi connectivity index (χ3v) is 3.89. The Balaban J connectivity index is 2.13. The predicted molar refractivity (Wildman–Crippen MR) is 83.3 cm³/mol. The van der Waals surface area contributed by atoms with Crippen molar-refractivity contribution < 1.29 is 13.9 Å². The Morgan fingerprint density at radius 2 is 1.43 bits per heavy atom. The molecule has 0 heterocycles. The molecule has 0 saturated heterocycles. The summed E-state index contributed by atoms with van der Waals surface area (Å²) in [7, 11) is 0. The van der Waals surface area contributed by atoms with Gasteiger partial charge in [-0.2, -0.15) is 0 Å². The van der Waals surface area contributed by atoms with Crippen LogP contribution in [0.15, 0.2) is 18.2 Å². The summed E-state index contributed by atoms with van der Waals surface area (Å²) in [5.74, 6) is -1.13. The molecule has 1 unspecified atom stereocenters. The van der Waals surface area contributed by atoms with E-state index in [0.717, 1.165) is 12.8 Å². The van der Waals surface area contributed by atoms with Crippen molar-refractivity contribution in [2.24, 2.45) is 0 Å². The van der Waals surface area contributed by atoms with Crippen molar-refractivity contribution in [1.82, 2.24) is 0 Å². The summed E-state index contributed by atoms with van der Waals surface area (Å²) in [4.78, 5) is 0. The highest BCUT2D eigenvalue weighted by atomic mass is 19.1. The monoisotopic (exact) mass is 298 g/mol. The average Bonchev–Trinajstić information content (AvgIpc) is 2.46. The molecule has 0 saturated carbocycles. The fraction of sp³-hybridized carbons (Fsp3) is 0.667. The molecule has 0 spiro atoms. The van der Waals surface area contributed by atoms with E-state index in [1.54, 1.807) is 0 Å². The molecule has 120 valence electrons. The first-order chi connectivity index (χ1) is 10.1. The van der Waals surface area contributed by atoms with E-state index < -0.39 is 17.7 Å². The predicted octanol–water partition coefficient (Wildman–Crippen LogP) is 5.40. The number of rotatable bonds is 11. The Kier molecular flexibility index (Phi) is 9.24. The molecule has 0 fully saturated rings. The number of unbranched alkanes of at least 4 members (excludes halogenated alkanes) is 7. The van der Waals surface area contributed by atoms with Crippen LogP contribution >= 0.6 is 0 Å². The minimum atomic E-state index is -0.656. The molecule has 1 atom stereocenters. The molecule has 0 radical (unpaired) electrons. The first-order valence-electron chi connectivity index (χ1n) is 8.26. The van der Waals surface area contributed by atoms with Crippen LogP contribution in [0, 0.1) is 11.6 Å². The molecule has 0 aliphatic heterocycles. The summed E-state index contributed by atoms with van der Waals surface area (Å²) in [5, 5.41) is 9.89. The van der Waals surface area contributed by atoms with Crippen LogP contribution in [0.4, 0.5) is 8.78 Å². The summed E-state index contributed by atoms with van der Waals surface area (Å²) in [6, 6.07) is 3.82. The van der Waals surface area contributed by atoms with E-state index in [9.17, 15) is 13.9 Å². The van der Waals surface area contributed by atoms with Gasteiger partial charge in [0.05, 0.1) is 6.10 Å². The Morgan fingerprint density at radius 3 is 2.00 bits per heavy atom. The molecule has 1 aromatic carbocycles.